The molecular weight excluding hydrogens is 254 g/mol. The van der Waals surface area contributed by atoms with Crippen LogP contribution in [0, 0.1) is 0 Å². The minimum absolute atomic E-state index is 0.174. The van der Waals surface area contributed by atoms with E-state index in [2.05, 4.69) is 31.1 Å². The van der Waals surface area contributed by atoms with Crippen LogP contribution in [0.4, 0.5) is 0 Å². The standard InChI is InChI=1S/C7H4BrN3OS/c8-4-2-1-3-9-5(4)6-10-11-7(12)13-6/h1-3H,(H,11,12). The van der Waals surface area contributed by atoms with Gasteiger partial charge in [0.1, 0.15) is 5.69 Å². The molecule has 0 spiro atoms. The smallest absolute Gasteiger partial charge is 0.255 e. The Bertz CT molecular complexity index is 478. The Hall–Kier alpha value is -1.01. The van der Waals surface area contributed by atoms with Crippen LogP contribution in [-0.4, -0.2) is 15.2 Å². The van der Waals surface area contributed by atoms with E-state index in [4.69, 9.17) is 0 Å². The first-order valence-corrected chi connectivity index (χ1v) is 5.05. The van der Waals surface area contributed by atoms with Gasteiger partial charge in [-0.1, -0.05) is 11.3 Å². The number of halogens is 1. The summed E-state index contributed by atoms with van der Waals surface area (Å²) in [5.41, 5.74) is 0.686. The predicted molar refractivity (Wildman–Crippen MR) is 53.7 cm³/mol. The number of aromatic nitrogens is 3. The van der Waals surface area contributed by atoms with E-state index in [9.17, 15) is 4.79 Å². The van der Waals surface area contributed by atoms with Gasteiger partial charge in [0.25, 0.3) is 0 Å². The van der Waals surface area contributed by atoms with E-state index >= 15 is 0 Å². The maximum Gasteiger partial charge on any atom is 0.322 e. The molecule has 0 saturated heterocycles. The lowest BCUT2D eigenvalue weighted by atomic mass is 10.4. The molecular formula is C7H4BrN3OS. The van der Waals surface area contributed by atoms with E-state index in [0.29, 0.717) is 10.7 Å². The molecule has 0 aliphatic rings. The Kier molecular flexibility index (Phi) is 2.24. The van der Waals surface area contributed by atoms with Gasteiger partial charge in [-0.3, -0.25) is 9.78 Å². The highest BCUT2D eigenvalue weighted by Crippen LogP contribution is 2.24. The number of rotatable bonds is 1. The van der Waals surface area contributed by atoms with Crippen LogP contribution in [-0.2, 0) is 0 Å². The van der Waals surface area contributed by atoms with E-state index in [1.165, 1.54) is 0 Å². The summed E-state index contributed by atoms with van der Waals surface area (Å²) < 4.78 is 0.831. The Morgan fingerprint density at radius 2 is 2.38 bits per heavy atom. The topological polar surface area (TPSA) is 58.6 Å². The van der Waals surface area contributed by atoms with Gasteiger partial charge >= 0.3 is 4.87 Å². The summed E-state index contributed by atoms with van der Waals surface area (Å²) in [6.07, 6.45) is 1.66. The SMILES string of the molecule is O=c1[nH]nc(-c2ncccc2Br)s1. The van der Waals surface area contributed by atoms with Gasteiger partial charge in [-0.2, -0.15) is 5.10 Å². The van der Waals surface area contributed by atoms with Crippen LogP contribution in [0.2, 0.25) is 0 Å². The third kappa shape index (κ3) is 1.68. The van der Waals surface area contributed by atoms with E-state index < -0.39 is 0 Å². The van der Waals surface area contributed by atoms with E-state index in [0.717, 1.165) is 15.8 Å². The number of nitrogens with one attached hydrogen (secondary N) is 1. The van der Waals surface area contributed by atoms with Crippen molar-refractivity contribution in [1.29, 1.82) is 0 Å². The molecule has 0 unspecified atom stereocenters. The third-order valence-corrected chi connectivity index (χ3v) is 2.79. The summed E-state index contributed by atoms with van der Waals surface area (Å²) in [5, 5.41) is 6.78. The average molecular weight is 258 g/mol. The molecule has 0 aliphatic carbocycles. The van der Waals surface area contributed by atoms with Gasteiger partial charge in [0.05, 0.1) is 0 Å². The Morgan fingerprint density at radius 3 is 3.00 bits per heavy atom. The van der Waals surface area contributed by atoms with Crippen LogP contribution in [0.1, 0.15) is 0 Å². The molecule has 0 aliphatic heterocycles. The van der Waals surface area contributed by atoms with Gasteiger partial charge in [0, 0.05) is 10.7 Å². The molecule has 0 atom stereocenters. The first-order valence-electron chi connectivity index (χ1n) is 3.44. The molecule has 13 heavy (non-hydrogen) atoms. The van der Waals surface area contributed by atoms with Crippen molar-refractivity contribution in [2.75, 3.05) is 0 Å². The average Bonchev–Trinajstić information content (AvgIpc) is 2.53. The number of nitrogens with zero attached hydrogens (tertiary/aromatic N) is 2. The maximum atomic E-state index is 10.8. The number of hydrogen-bond acceptors (Lipinski definition) is 4. The van der Waals surface area contributed by atoms with E-state index in [-0.39, 0.29) is 4.87 Å². The zero-order chi connectivity index (χ0) is 9.26. The fourth-order valence-electron chi connectivity index (χ4n) is 0.874. The summed E-state index contributed by atoms with van der Waals surface area (Å²) in [7, 11) is 0. The lowest BCUT2D eigenvalue weighted by Gasteiger charge is -1.95. The molecule has 4 nitrogen and oxygen atoms in total. The van der Waals surface area contributed by atoms with Crippen LogP contribution in [0.25, 0.3) is 10.7 Å². The molecule has 0 bridgehead atoms. The van der Waals surface area contributed by atoms with Crippen molar-refractivity contribution in [3.63, 3.8) is 0 Å². The summed E-state index contributed by atoms with van der Waals surface area (Å²) in [5.74, 6) is 0. The van der Waals surface area contributed by atoms with Crippen LogP contribution < -0.4 is 4.87 Å². The monoisotopic (exact) mass is 257 g/mol. The van der Waals surface area contributed by atoms with Crippen LogP contribution in [0.3, 0.4) is 0 Å². The minimum Gasteiger partial charge on any atom is -0.255 e. The lowest BCUT2D eigenvalue weighted by molar-refractivity contribution is 1.05. The van der Waals surface area contributed by atoms with Crippen molar-refractivity contribution in [3.05, 3.63) is 32.5 Å². The van der Waals surface area contributed by atoms with Gasteiger partial charge in [0.15, 0.2) is 5.01 Å². The first-order chi connectivity index (χ1) is 6.27. The normalized spacial score (nSPS) is 10.2. The molecule has 0 saturated carbocycles. The van der Waals surface area contributed by atoms with Crippen molar-refractivity contribution >= 4 is 27.3 Å². The summed E-state index contributed by atoms with van der Waals surface area (Å²) in [6.45, 7) is 0. The molecule has 0 aromatic carbocycles. The molecule has 2 heterocycles. The number of hydrogen-bond donors (Lipinski definition) is 1. The van der Waals surface area contributed by atoms with E-state index in [1.807, 2.05) is 12.1 Å². The van der Waals surface area contributed by atoms with Crippen LogP contribution >= 0.6 is 27.3 Å². The molecule has 1 N–H and O–H groups in total. The highest BCUT2D eigenvalue weighted by molar-refractivity contribution is 9.10. The zero-order valence-corrected chi connectivity index (χ0v) is 8.72. The van der Waals surface area contributed by atoms with Gasteiger partial charge in [-0.25, -0.2) is 5.10 Å². The quantitative estimate of drug-likeness (QED) is 0.846. The second kappa shape index (κ2) is 3.39. The third-order valence-electron chi connectivity index (χ3n) is 1.40. The van der Waals surface area contributed by atoms with Gasteiger partial charge in [0.2, 0.25) is 0 Å². The van der Waals surface area contributed by atoms with Gasteiger partial charge in [-0.15, -0.1) is 0 Å². The molecule has 0 amide bonds. The summed E-state index contributed by atoms with van der Waals surface area (Å²) >= 11 is 4.37. The van der Waals surface area contributed by atoms with Crippen LogP contribution in [0.5, 0.6) is 0 Å². The first kappa shape index (κ1) is 8.58. The Balaban J connectivity index is 2.58. The lowest BCUT2D eigenvalue weighted by Crippen LogP contribution is -1.90. The summed E-state index contributed by atoms with van der Waals surface area (Å²) in [4.78, 5) is 14.8. The Morgan fingerprint density at radius 1 is 1.54 bits per heavy atom. The van der Waals surface area contributed by atoms with Gasteiger partial charge < -0.3 is 0 Å². The van der Waals surface area contributed by atoms with Crippen molar-refractivity contribution in [2.45, 2.75) is 0 Å². The van der Waals surface area contributed by atoms with Crippen molar-refractivity contribution in [3.8, 4) is 10.7 Å². The molecule has 2 aromatic rings. The predicted octanol–water partition coefficient (Wildman–Crippen LogP) is 1.66. The molecule has 0 fully saturated rings. The second-order valence-electron chi connectivity index (χ2n) is 2.25. The van der Waals surface area contributed by atoms with Crippen LogP contribution in [0.15, 0.2) is 27.6 Å². The molecule has 0 radical (unpaired) electrons. The second-order valence-corrected chi connectivity index (χ2v) is 4.07. The Labute approximate surface area is 85.8 Å². The van der Waals surface area contributed by atoms with E-state index in [1.54, 1.807) is 6.20 Å². The molecule has 2 aromatic heterocycles. The molecule has 2 rings (SSSR count). The minimum atomic E-state index is -0.174. The van der Waals surface area contributed by atoms with Crippen molar-refractivity contribution in [2.24, 2.45) is 0 Å². The van der Waals surface area contributed by atoms with Crippen molar-refractivity contribution < 1.29 is 0 Å². The van der Waals surface area contributed by atoms with Gasteiger partial charge in [-0.05, 0) is 28.1 Å². The highest BCUT2D eigenvalue weighted by Gasteiger charge is 2.07. The fourth-order valence-corrected chi connectivity index (χ4v) is 2.07. The largest absolute Gasteiger partial charge is 0.322 e. The van der Waals surface area contributed by atoms with Crippen molar-refractivity contribution in [1.82, 2.24) is 15.2 Å². The fraction of sp³-hybridized carbons (Fsp3) is 0. The number of pyridine rings is 1. The zero-order valence-electron chi connectivity index (χ0n) is 6.32. The number of H-pyrrole nitrogens is 1. The molecule has 6 heteroatoms. The summed E-state index contributed by atoms with van der Waals surface area (Å²) in [6, 6.07) is 3.66. The highest BCUT2D eigenvalue weighted by atomic mass is 79.9. The molecule has 66 valence electrons. The number of aromatic amines is 1. The maximum absolute atomic E-state index is 10.8.